The van der Waals surface area contributed by atoms with E-state index in [2.05, 4.69) is 9.71 Å². The van der Waals surface area contributed by atoms with Crippen molar-refractivity contribution in [3.05, 3.63) is 54.0 Å². The van der Waals surface area contributed by atoms with Gasteiger partial charge in [0.05, 0.1) is 5.25 Å². The van der Waals surface area contributed by atoms with Crippen molar-refractivity contribution in [3.63, 3.8) is 0 Å². The summed E-state index contributed by atoms with van der Waals surface area (Å²) in [6.45, 7) is 6.41. The van der Waals surface area contributed by atoms with Crippen LogP contribution in [0.2, 0.25) is 0 Å². The van der Waals surface area contributed by atoms with Gasteiger partial charge in [0.2, 0.25) is 10.0 Å². The number of hydrogen-bond acceptors (Lipinski definition) is 3. The second kappa shape index (κ2) is 8.96. The highest BCUT2D eigenvalue weighted by atomic mass is 32.2. The van der Waals surface area contributed by atoms with E-state index in [1.54, 1.807) is 41.1 Å². The Labute approximate surface area is 196 Å². The second-order valence-corrected chi connectivity index (χ2v) is 11.9. The molecule has 0 unspecified atom stereocenters. The Morgan fingerprint density at radius 2 is 1.85 bits per heavy atom. The summed E-state index contributed by atoms with van der Waals surface area (Å²) in [6.07, 6.45) is -1.99. The van der Waals surface area contributed by atoms with Gasteiger partial charge in [0, 0.05) is 41.0 Å². The molecule has 34 heavy (non-hydrogen) atoms. The molecule has 1 aliphatic rings. The number of fused-ring (bicyclic) bond motifs is 1. The Morgan fingerprint density at radius 3 is 2.44 bits per heavy atom. The largest absolute Gasteiger partial charge is 0.347 e. The summed E-state index contributed by atoms with van der Waals surface area (Å²) in [7, 11) is -3.87. The Bertz CT molecular complexity index is 1300. The quantitative estimate of drug-likeness (QED) is 0.384. The molecule has 0 radical (unpaired) electrons. The van der Waals surface area contributed by atoms with Crippen molar-refractivity contribution < 1.29 is 26.0 Å². The van der Waals surface area contributed by atoms with Gasteiger partial charge >= 0.3 is 0 Å². The van der Waals surface area contributed by atoms with Gasteiger partial charge in [0.15, 0.2) is 0 Å². The van der Waals surface area contributed by atoms with Crippen LogP contribution in [-0.4, -0.2) is 29.6 Å². The van der Waals surface area contributed by atoms with E-state index in [0.717, 1.165) is 0 Å². The highest BCUT2D eigenvalue weighted by molar-refractivity contribution is 7.90. The van der Waals surface area contributed by atoms with E-state index in [1.165, 1.54) is 6.20 Å². The maximum Gasteiger partial charge on any atom is 0.280 e. The average molecular weight is 498 g/mol. The predicted octanol–water partition coefficient (Wildman–Crippen LogP) is 6.08. The van der Waals surface area contributed by atoms with Crippen molar-refractivity contribution >= 4 is 20.9 Å². The molecule has 1 fully saturated rings. The van der Waals surface area contributed by atoms with Crippen LogP contribution in [0.5, 0.6) is 0 Å². The van der Waals surface area contributed by atoms with Gasteiger partial charge in [0.25, 0.3) is 12.9 Å². The van der Waals surface area contributed by atoms with Crippen molar-refractivity contribution in [3.8, 4) is 11.1 Å². The first-order valence-electron chi connectivity index (χ1n) is 11.0. The first-order chi connectivity index (χ1) is 15.9. The van der Waals surface area contributed by atoms with E-state index in [-0.39, 0.29) is 22.2 Å². The summed E-state index contributed by atoms with van der Waals surface area (Å²) >= 11 is 0. The number of benzene rings is 1. The minimum atomic E-state index is -3.87. The summed E-state index contributed by atoms with van der Waals surface area (Å²) in [5.41, 5.74) is 0.856. The Balaban J connectivity index is 1.87. The fourth-order valence-corrected chi connectivity index (χ4v) is 5.65. The number of rotatable bonds is 8. The third-order valence-electron chi connectivity index (χ3n) is 5.76. The van der Waals surface area contributed by atoms with Crippen LogP contribution in [0.25, 0.3) is 22.0 Å². The summed E-state index contributed by atoms with van der Waals surface area (Å²) in [4.78, 5) is 3.80. The predicted molar refractivity (Wildman–Crippen MR) is 123 cm³/mol. The van der Waals surface area contributed by atoms with E-state index < -0.39 is 34.2 Å². The number of halogens is 4. The molecule has 184 valence electrons. The van der Waals surface area contributed by atoms with Gasteiger partial charge in [-0.15, -0.1) is 0 Å². The number of nitrogens with zero attached hydrogens (tertiary/aromatic N) is 2. The number of sulfonamides is 1. The molecule has 5 nitrogen and oxygen atoms in total. The number of aromatic nitrogens is 2. The zero-order valence-electron chi connectivity index (χ0n) is 19.1. The van der Waals surface area contributed by atoms with Gasteiger partial charge in [-0.3, -0.25) is 4.98 Å². The topological polar surface area (TPSA) is 64.0 Å². The molecule has 0 aliphatic heterocycles. The standard InChI is InChI=1S/C24H27F4N3O2S/c1-24(2,3)13-31-12-18(21(23(27)28)30-34(32,33)15-7-8-15)17-9-6-14(11-19(17)31)16-5-4-10-29-20(16)22(25)26/h4-6,9-12,15,21-23,30H,7-8,13H2,1-3H3/t21-/m0/s1. The molecular formula is C24H27F4N3O2S. The van der Waals surface area contributed by atoms with E-state index in [1.807, 2.05) is 20.8 Å². The highest BCUT2D eigenvalue weighted by Crippen LogP contribution is 2.38. The highest BCUT2D eigenvalue weighted by Gasteiger charge is 2.40. The molecule has 1 aromatic carbocycles. The minimum absolute atomic E-state index is 0.158. The minimum Gasteiger partial charge on any atom is -0.347 e. The van der Waals surface area contributed by atoms with Gasteiger partial charge in [0.1, 0.15) is 11.7 Å². The second-order valence-electron chi connectivity index (χ2n) is 9.92. The summed E-state index contributed by atoms with van der Waals surface area (Å²) in [5, 5.41) is -0.194. The molecule has 10 heteroatoms. The maximum absolute atomic E-state index is 14.1. The molecule has 4 rings (SSSR count). The van der Waals surface area contributed by atoms with E-state index >= 15 is 0 Å². The lowest BCUT2D eigenvalue weighted by molar-refractivity contribution is 0.109. The van der Waals surface area contributed by atoms with Crippen molar-refractivity contribution in [1.29, 1.82) is 0 Å². The molecule has 1 aliphatic carbocycles. The third-order valence-corrected chi connectivity index (χ3v) is 7.69. The number of nitrogens with one attached hydrogen (secondary N) is 1. The molecule has 1 atom stereocenters. The van der Waals surface area contributed by atoms with Crippen LogP contribution in [0, 0.1) is 5.41 Å². The fraction of sp³-hybridized carbons (Fsp3) is 0.458. The van der Waals surface area contributed by atoms with Crippen molar-refractivity contribution in [1.82, 2.24) is 14.3 Å². The van der Waals surface area contributed by atoms with Crippen LogP contribution in [0.1, 0.15) is 57.3 Å². The smallest absolute Gasteiger partial charge is 0.280 e. The van der Waals surface area contributed by atoms with Gasteiger partial charge in [-0.1, -0.05) is 39.0 Å². The lowest BCUT2D eigenvalue weighted by Crippen LogP contribution is -2.35. The molecule has 0 amide bonds. The van der Waals surface area contributed by atoms with Crippen LogP contribution < -0.4 is 4.72 Å². The third kappa shape index (κ3) is 5.12. The van der Waals surface area contributed by atoms with Crippen LogP contribution in [-0.2, 0) is 16.6 Å². The molecule has 2 heterocycles. The van der Waals surface area contributed by atoms with E-state index in [0.29, 0.717) is 35.9 Å². The zero-order valence-corrected chi connectivity index (χ0v) is 19.9. The number of hydrogen-bond donors (Lipinski definition) is 1. The van der Waals surface area contributed by atoms with Crippen LogP contribution in [0.3, 0.4) is 0 Å². The van der Waals surface area contributed by atoms with Crippen LogP contribution in [0.4, 0.5) is 17.6 Å². The lowest BCUT2D eigenvalue weighted by atomic mass is 9.96. The van der Waals surface area contributed by atoms with E-state index in [4.69, 9.17) is 0 Å². The first-order valence-corrected chi connectivity index (χ1v) is 12.6. The van der Waals surface area contributed by atoms with Gasteiger partial charge < -0.3 is 4.57 Å². The summed E-state index contributed by atoms with van der Waals surface area (Å²) in [6, 6.07) is 6.22. The Morgan fingerprint density at radius 1 is 1.15 bits per heavy atom. The van der Waals surface area contributed by atoms with Crippen LogP contribution >= 0.6 is 0 Å². The molecule has 0 spiro atoms. The molecule has 1 saturated carbocycles. The normalized spacial score (nSPS) is 16.0. The van der Waals surface area contributed by atoms with Gasteiger partial charge in [-0.05, 0) is 36.0 Å². The van der Waals surface area contributed by atoms with Gasteiger partial charge in [-0.2, -0.15) is 0 Å². The van der Waals surface area contributed by atoms with Crippen molar-refractivity contribution in [2.45, 2.75) is 64.3 Å². The molecular weight excluding hydrogens is 470 g/mol. The van der Waals surface area contributed by atoms with Crippen molar-refractivity contribution in [2.24, 2.45) is 5.41 Å². The zero-order chi connectivity index (χ0) is 24.8. The number of alkyl halides is 4. The fourth-order valence-electron chi connectivity index (χ4n) is 4.12. The molecule has 0 bridgehead atoms. The van der Waals surface area contributed by atoms with E-state index in [9.17, 15) is 26.0 Å². The van der Waals surface area contributed by atoms with Gasteiger partial charge in [-0.25, -0.2) is 30.7 Å². The summed E-state index contributed by atoms with van der Waals surface area (Å²) < 4.78 is 84.3. The first kappa shape index (κ1) is 24.7. The summed E-state index contributed by atoms with van der Waals surface area (Å²) in [5.74, 6) is 0. The molecule has 1 N–H and O–H groups in total. The molecule has 2 aromatic heterocycles. The van der Waals surface area contributed by atoms with Crippen LogP contribution in [0.15, 0.2) is 42.7 Å². The Hall–Kier alpha value is -2.46. The SMILES string of the molecule is CC(C)(C)Cn1cc([C@H](NS(=O)(=O)C2CC2)C(F)F)c2ccc(-c3cccnc3C(F)F)cc21. The average Bonchev–Trinajstić information content (AvgIpc) is 3.56. The van der Waals surface area contributed by atoms with Crippen molar-refractivity contribution in [2.75, 3.05) is 0 Å². The Kier molecular flexibility index (Phi) is 6.50. The monoisotopic (exact) mass is 497 g/mol. The molecule has 3 aromatic rings. The molecule has 0 saturated heterocycles. The number of pyridine rings is 1. The lowest BCUT2D eigenvalue weighted by Gasteiger charge is -2.20. The maximum atomic E-state index is 14.1.